The van der Waals surface area contributed by atoms with E-state index < -0.39 is 17.8 Å². The van der Waals surface area contributed by atoms with Crippen LogP contribution < -0.4 is 14.8 Å². The maximum Gasteiger partial charge on any atom is 0.331 e. The Kier molecular flexibility index (Phi) is 7.02. The number of benzene rings is 1. The normalized spacial score (nSPS) is 19.9. The highest BCUT2D eigenvalue weighted by Gasteiger charge is 2.40. The van der Waals surface area contributed by atoms with Gasteiger partial charge in [0.15, 0.2) is 11.5 Å². The lowest BCUT2D eigenvalue weighted by Crippen LogP contribution is -2.57. The van der Waals surface area contributed by atoms with Gasteiger partial charge in [-0.2, -0.15) is 0 Å². The summed E-state index contributed by atoms with van der Waals surface area (Å²) in [6.07, 6.45) is 5.61. The van der Waals surface area contributed by atoms with Gasteiger partial charge >= 0.3 is 6.03 Å². The van der Waals surface area contributed by atoms with E-state index >= 15 is 0 Å². The molecular weight excluding hydrogens is 408 g/mol. The lowest BCUT2D eigenvalue weighted by molar-refractivity contribution is -0.131. The zero-order chi connectivity index (χ0) is 21.8. The molecule has 3 rings (SSSR count). The fourth-order valence-corrected chi connectivity index (χ4v) is 3.93. The zero-order valence-electron chi connectivity index (χ0n) is 17.5. The molecule has 1 heterocycles. The molecule has 8 heteroatoms. The quantitative estimate of drug-likeness (QED) is 0.510. The molecule has 1 saturated carbocycles. The van der Waals surface area contributed by atoms with Crippen molar-refractivity contribution in [3.63, 3.8) is 0 Å². The SMILES string of the molecule is CCOc1cc(/C=C2\C(=O)NC(=O)N(C3CCCC3)C2=O)cc(Cl)c1O[C@H](C)CC. The largest absolute Gasteiger partial charge is 0.490 e. The highest BCUT2D eigenvalue weighted by atomic mass is 35.5. The van der Waals surface area contributed by atoms with Crippen molar-refractivity contribution in [3.8, 4) is 11.5 Å². The topological polar surface area (TPSA) is 84.9 Å². The van der Waals surface area contributed by atoms with Crippen LogP contribution >= 0.6 is 11.6 Å². The Morgan fingerprint density at radius 2 is 1.93 bits per heavy atom. The Hall–Kier alpha value is -2.54. The van der Waals surface area contributed by atoms with Gasteiger partial charge in [0.1, 0.15) is 5.57 Å². The highest BCUT2D eigenvalue weighted by molar-refractivity contribution is 6.33. The molecule has 0 bridgehead atoms. The van der Waals surface area contributed by atoms with Gasteiger partial charge in [-0.25, -0.2) is 4.79 Å². The van der Waals surface area contributed by atoms with Crippen LogP contribution in [0.2, 0.25) is 5.02 Å². The molecule has 1 saturated heterocycles. The summed E-state index contributed by atoms with van der Waals surface area (Å²) >= 11 is 6.43. The highest BCUT2D eigenvalue weighted by Crippen LogP contribution is 2.38. The zero-order valence-corrected chi connectivity index (χ0v) is 18.3. The predicted octanol–water partition coefficient (Wildman–Crippen LogP) is 4.32. The number of hydrogen-bond acceptors (Lipinski definition) is 5. The average Bonchev–Trinajstić information content (AvgIpc) is 3.22. The Morgan fingerprint density at radius 3 is 2.57 bits per heavy atom. The lowest BCUT2D eigenvalue weighted by Gasteiger charge is -2.31. The van der Waals surface area contributed by atoms with Crippen molar-refractivity contribution < 1.29 is 23.9 Å². The number of urea groups is 1. The van der Waals surface area contributed by atoms with E-state index in [2.05, 4.69) is 5.32 Å². The van der Waals surface area contributed by atoms with Crippen molar-refractivity contribution in [2.24, 2.45) is 0 Å². The van der Waals surface area contributed by atoms with Gasteiger partial charge in [0.25, 0.3) is 11.8 Å². The van der Waals surface area contributed by atoms with E-state index in [0.717, 1.165) is 32.1 Å². The summed E-state index contributed by atoms with van der Waals surface area (Å²) in [4.78, 5) is 38.8. The first-order valence-electron chi connectivity index (χ1n) is 10.4. The molecule has 1 aliphatic heterocycles. The van der Waals surface area contributed by atoms with Gasteiger partial charge in [-0.1, -0.05) is 31.4 Å². The predicted molar refractivity (Wildman–Crippen MR) is 114 cm³/mol. The Morgan fingerprint density at radius 1 is 1.23 bits per heavy atom. The number of imide groups is 2. The fourth-order valence-electron chi connectivity index (χ4n) is 3.66. The number of halogens is 1. The molecule has 1 aliphatic carbocycles. The second-order valence-corrected chi connectivity index (χ2v) is 7.94. The van der Waals surface area contributed by atoms with Crippen molar-refractivity contribution in [2.45, 2.75) is 65.0 Å². The number of barbiturate groups is 1. The van der Waals surface area contributed by atoms with Crippen LogP contribution in [0.4, 0.5) is 4.79 Å². The third kappa shape index (κ3) is 4.61. The summed E-state index contributed by atoms with van der Waals surface area (Å²) in [6, 6.07) is 2.46. The van der Waals surface area contributed by atoms with Crippen molar-refractivity contribution in [1.29, 1.82) is 0 Å². The molecule has 1 aromatic rings. The molecule has 2 aliphatic rings. The summed E-state index contributed by atoms with van der Waals surface area (Å²) in [5.41, 5.74) is 0.412. The summed E-state index contributed by atoms with van der Waals surface area (Å²) in [6.45, 7) is 6.18. The lowest BCUT2D eigenvalue weighted by atomic mass is 10.0. The smallest absolute Gasteiger partial charge is 0.331 e. The number of nitrogens with zero attached hydrogens (tertiary/aromatic N) is 1. The molecule has 1 atom stereocenters. The summed E-state index contributed by atoms with van der Waals surface area (Å²) < 4.78 is 11.6. The molecule has 2 fully saturated rings. The first kappa shape index (κ1) is 22.2. The van der Waals surface area contributed by atoms with E-state index in [1.165, 1.54) is 11.0 Å². The van der Waals surface area contributed by atoms with Crippen molar-refractivity contribution in [1.82, 2.24) is 10.2 Å². The molecule has 1 N–H and O–H groups in total. The Labute approximate surface area is 181 Å². The number of hydrogen-bond donors (Lipinski definition) is 1. The molecule has 7 nitrogen and oxygen atoms in total. The minimum atomic E-state index is -0.715. The number of amides is 4. The van der Waals surface area contributed by atoms with Gasteiger partial charge in [0.2, 0.25) is 0 Å². The standard InChI is InChI=1S/C22H27ClN2O5/c1-4-13(3)30-19-17(23)11-14(12-18(19)29-5-2)10-16-20(26)24-22(28)25(21(16)27)15-8-6-7-9-15/h10-13,15H,4-9H2,1-3H3,(H,24,26,28)/b16-10+/t13-/m1/s1. The third-order valence-electron chi connectivity index (χ3n) is 5.36. The van der Waals surface area contributed by atoms with Crippen LogP contribution in [0, 0.1) is 0 Å². The van der Waals surface area contributed by atoms with E-state index in [0.29, 0.717) is 28.7 Å². The van der Waals surface area contributed by atoms with E-state index in [-0.39, 0.29) is 17.7 Å². The van der Waals surface area contributed by atoms with Crippen molar-refractivity contribution in [2.75, 3.05) is 6.61 Å². The maximum atomic E-state index is 13.0. The fraction of sp³-hybridized carbons (Fsp3) is 0.500. The number of ether oxygens (including phenoxy) is 2. The van der Waals surface area contributed by atoms with Crippen LogP contribution in [0.5, 0.6) is 11.5 Å². The third-order valence-corrected chi connectivity index (χ3v) is 5.64. The molecule has 0 aromatic heterocycles. The molecule has 1 aromatic carbocycles. The van der Waals surface area contributed by atoms with Crippen molar-refractivity contribution >= 4 is 35.5 Å². The van der Waals surface area contributed by atoms with Gasteiger partial charge in [0, 0.05) is 6.04 Å². The summed E-state index contributed by atoms with van der Waals surface area (Å²) in [7, 11) is 0. The molecule has 4 amide bonds. The molecular formula is C22H27ClN2O5. The minimum absolute atomic E-state index is 0.0532. The van der Waals surface area contributed by atoms with Gasteiger partial charge in [-0.3, -0.25) is 19.8 Å². The molecule has 0 spiro atoms. The van der Waals surface area contributed by atoms with E-state index in [9.17, 15) is 14.4 Å². The van der Waals surface area contributed by atoms with Gasteiger partial charge in [-0.05, 0) is 56.9 Å². The first-order chi connectivity index (χ1) is 14.3. The summed E-state index contributed by atoms with van der Waals surface area (Å²) in [5.74, 6) is -0.431. The second kappa shape index (κ2) is 9.51. The molecule has 0 radical (unpaired) electrons. The van der Waals surface area contributed by atoms with Crippen LogP contribution in [0.1, 0.15) is 58.4 Å². The number of nitrogens with one attached hydrogen (secondary N) is 1. The molecule has 30 heavy (non-hydrogen) atoms. The van der Waals surface area contributed by atoms with E-state index in [4.69, 9.17) is 21.1 Å². The number of carbonyl (C=O) groups is 3. The average molecular weight is 435 g/mol. The molecule has 162 valence electrons. The monoisotopic (exact) mass is 434 g/mol. The van der Waals surface area contributed by atoms with Crippen LogP contribution in [0.15, 0.2) is 17.7 Å². The minimum Gasteiger partial charge on any atom is -0.490 e. The maximum absolute atomic E-state index is 13.0. The number of rotatable bonds is 7. The van der Waals surface area contributed by atoms with Crippen molar-refractivity contribution in [3.05, 3.63) is 28.3 Å². The Balaban J connectivity index is 1.96. The van der Waals surface area contributed by atoms with Crippen LogP contribution in [0.3, 0.4) is 0 Å². The second-order valence-electron chi connectivity index (χ2n) is 7.53. The van der Waals surface area contributed by atoms with E-state index in [1.54, 1.807) is 12.1 Å². The van der Waals surface area contributed by atoms with E-state index in [1.807, 2.05) is 20.8 Å². The van der Waals surface area contributed by atoms with Crippen LogP contribution in [-0.2, 0) is 9.59 Å². The van der Waals surface area contributed by atoms with Gasteiger partial charge in [-0.15, -0.1) is 0 Å². The van der Waals surface area contributed by atoms with Crippen LogP contribution in [-0.4, -0.2) is 41.5 Å². The van der Waals surface area contributed by atoms with Gasteiger partial charge in [0.05, 0.1) is 17.7 Å². The van der Waals surface area contributed by atoms with Crippen LogP contribution in [0.25, 0.3) is 6.08 Å². The molecule has 0 unspecified atom stereocenters. The van der Waals surface area contributed by atoms with Gasteiger partial charge < -0.3 is 9.47 Å². The summed E-state index contributed by atoms with van der Waals surface area (Å²) in [5, 5.41) is 2.60. The number of carbonyl (C=O) groups excluding carboxylic acids is 3. The first-order valence-corrected chi connectivity index (χ1v) is 10.8. The Bertz CT molecular complexity index is 877.